The topological polar surface area (TPSA) is 61.4 Å². The Kier molecular flexibility index (Phi) is 6.62. The maximum Gasteiger partial charge on any atom is 0.225 e. The Balaban J connectivity index is 1.38. The van der Waals surface area contributed by atoms with Crippen LogP contribution in [0.3, 0.4) is 0 Å². The van der Waals surface area contributed by atoms with Crippen molar-refractivity contribution in [3.8, 4) is 0 Å². The summed E-state index contributed by atoms with van der Waals surface area (Å²) in [7, 11) is 0. The quantitative estimate of drug-likeness (QED) is 0.855. The number of piperidine rings is 2. The number of likely N-dealkylation sites (tertiary alicyclic amines) is 1. The summed E-state index contributed by atoms with van der Waals surface area (Å²) in [5.74, 6) is 1.12. The van der Waals surface area contributed by atoms with Crippen LogP contribution in [0.4, 0.5) is 5.95 Å². The van der Waals surface area contributed by atoms with Gasteiger partial charge in [-0.15, -0.1) is 0 Å². The Morgan fingerprint density at radius 2 is 1.92 bits per heavy atom. The summed E-state index contributed by atoms with van der Waals surface area (Å²) in [6, 6.07) is 2.54. The van der Waals surface area contributed by atoms with Crippen LogP contribution in [0.25, 0.3) is 0 Å². The van der Waals surface area contributed by atoms with Crippen LogP contribution >= 0.6 is 0 Å². The van der Waals surface area contributed by atoms with E-state index in [1.165, 1.54) is 32.2 Å². The van der Waals surface area contributed by atoms with E-state index in [9.17, 15) is 4.79 Å². The highest BCUT2D eigenvalue weighted by molar-refractivity contribution is 5.78. The molecule has 3 rings (SSSR count). The first-order chi connectivity index (χ1) is 12.3. The van der Waals surface area contributed by atoms with Crippen molar-refractivity contribution in [1.82, 2.24) is 20.2 Å². The maximum atomic E-state index is 12.5. The Labute approximate surface area is 151 Å². The Bertz CT molecular complexity index is 530. The molecule has 0 aliphatic carbocycles. The number of nitrogens with one attached hydrogen (secondary N) is 1. The van der Waals surface area contributed by atoms with E-state index in [4.69, 9.17) is 0 Å². The lowest BCUT2D eigenvalue weighted by Crippen LogP contribution is -2.46. The van der Waals surface area contributed by atoms with Crippen molar-refractivity contribution in [3.63, 3.8) is 0 Å². The minimum absolute atomic E-state index is 0.128. The van der Waals surface area contributed by atoms with Crippen molar-refractivity contribution < 1.29 is 4.79 Å². The molecule has 2 aliphatic heterocycles. The van der Waals surface area contributed by atoms with Crippen LogP contribution in [-0.4, -0.2) is 59.5 Å². The number of hydrogen-bond donors (Lipinski definition) is 1. The van der Waals surface area contributed by atoms with Gasteiger partial charge in [-0.3, -0.25) is 9.69 Å². The number of carbonyl (C=O) groups excluding carboxylic acids is 1. The zero-order valence-electron chi connectivity index (χ0n) is 15.4. The molecule has 3 heterocycles. The fourth-order valence-electron chi connectivity index (χ4n) is 4.08. The number of hydrogen-bond acceptors (Lipinski definition) is 5. The second-order valence-electron chi connectivity index (χ2n) is 7.19. The highest BCUT2D eigenvalue weighted by Crippen LogP contribution is 2.21. The van der Waals surface area contributed by atoms with Gasteiger partial charge in [0.1, 0.15) is 0 Å². The molecule has 2 saturated heterocycles. The number of rotatable bonds is 6. The van der Waals surface area contributed by atoms with Crippen molar-refractivity contribution >= 4 is 11.9 Å². The van der Waals surface area contributed by atoms with E-state index in [1.807, 2.05) is 6.07 Å². The normalized spacial score (nSPS) is 22.8. The van der Waals surface area contributed by atoms with Crippen LogP contribution < -0.4 is 10.2 Å². The van der Waals surface area contributed by atoms with Gasteiger partial charge in [0.05, 0.1) is 0 Å². The molecule has 2 fully saturated rings. The first-order valence-corrected chi connectivity index (χ1v) is 9.81. The number of anilines is 1. The van der Waals surface area contributed by atoms with E-state index in [1.54, 1.807) is 12.4 Å². The van der Waals surface area contributed by atoms with Crippen LogP contribution in [0.15, 0.2) is 18.5 Å². The largest absolute Gasteiger partial charge is 0.355 e. The van der Waals surface area contributed by atoms with Crippen molar-refractivity contribution in [1.29, 1.82) is 0 Å². The predicted octanol–water partition coefficient (Wildman–Crippen LogP) is 2.07. The Morgan fingerprint density at radius 3 is 2.64 bits per heavy atom. The summed E-state index contributed by atoms with van der Waals surface area (Å²) in [5, 5.41) is 3.17. The summed E-state index contributed by atoms with van der Waals surface area (Å²) >= 11 is 0. The van der Waals surface area contributed by atoms with E-state index < -0.39 is 0 Å². The molecule has 0 radical (unpaired) electrons. The molecule has 1 amide bonds. The molecule has 0 aromatic carbocycles. The monoisotopic (exact) mass is 345 g/mol. The van der Waals surface area contributed by atoms with Crippen molar-refractivity contribution in [2.45, 2.75) is 51.5 Å². The molecule has 6 heteroatoms. The van der Waals surface area contributed by atoms with E-state index in [0.717, 1.165) is 45.0 Å². The molecule has 1 aromatic rings. The summed E-state index contributed by atoms with van der Waals surface area (Å²) < 4.78 is 0. The third-order valence-corrected chi connectivity index (χ3v) is 5.62. The molecular weight excluding hydrogens is 314 g/mol. The number of aromatic nitrogens is 2. The molecule has 1 N–H and O–H groups in total. The first-order valence-electron chi connectivity index (χ1n) is 9.81. The van der Waals surface area contributed by atoms with Crippen LogP contribution in [-0.2, 0) is 4.79 Å². The van der Waals surface area contributed by atoms with Crippen molar-refractivity contribution in [2.75, 3.05) is 37.6 Å². The van der Waals surface area contributed by atoms with Crippen LogP contribution in [0.1, 0.15) is 45.4 Å². The second-order valence-corrected chi connectivity index (χ2v) is 7.19. The maximum absolute atomic E-state index is 12.5. The molecule has 0 spiro atoms. The molecule has 0 unspecified atom stereocenters. The molecule has 138 valence electrons. The van der Waals surface area contributed by atoms with Gasteiger partial charge in [-0.25, -0.2) is 9.97 Å². The number of amides is 1. The predicted molar refractivity (Wildman–Crippen MR) is 99.5 cm³/mol. The molecule has 1 atom stereocenters. The van der Waals surface area contributed by atoms with Gasteiger partial charge in [-0.05, 0) is 44.7 Å². The van der Waals surface area contributed by atoms with Gasteiger partial charge in [0.2, 0.25) is 11.9 Å². The van der Waals surface area contributed by atoms with Gasteiger partial charge in [0.15, 0.2) is 0 Å². The van der Waals surface area contributed by atoms with Crippen molar-refractivity contribution in [2.24, 2.45) is 5.92 Å². The van der Waals surface area contributed by atoms with Gasteiger partial charge < -0.3 is 10.2 Å². The van der Waals surface area contributed by atoms with Gasteiger partial charge in [0, 0.05) is 50.5 Å². The number of carbonyl (C=O) groups is 1. The fraction of sp³-hybridized carbons (Fsp3) is 0.737. The lowest BCUT2D eigenvalue weighted by molar-refractivity contribution is -0.125. The van der Waals surface area contributed by atoms with Gasteiger partial charge in [-0.2, -0.15) is 0 Å². The molecule has 25 heavy (non-hydrogen) atoms. The molecule has 0 bridgehead atoms. The van der Waals surface area contributed by atoms with E-state index >= 15 is 0 Å². The minimum atomic E-state index is 0.128. The summed E-state index contributed by atoms with van der Waals surface area (Å²) in [4.78, 5) is 25.8. The van der Waals surface area contributed by atoms with Crippen LogP contribution in [0.2, 0.25) is 0 Å². The average Bonchev–Trinajstić information content (AvgIpc) is 2.69. The molecule has 2 aliphatic rings. The molecule has 0 saturated carbocycles. The van der Waals surface area contributed by atoms with Gasteiger partial charge in [-0.1, -0.05) is 13.3 Å². The molecule has 1 aromatic heterocycles. The average molecular weight is 345 g/mol. The smallest absolute Gasteiger partial charge is 0.225 e. The van der Waals surface area contributed by atoms with E-state index in [-0.39, 0.29) is 11.8 Å². The Hall–Kier alpha value is -1.69. The van der Waals surface area contributed by atoms with Crippen LogP contribution in [0.5, 0.6) is 0 Å². The Morgan fingerprint density at radius 1 is 1.16 bits per heavy atom. The zero-order chi connectivity index (χ0) is 17.5. The third-order valence-electron chi connectivity index (χ3n) is 5.62. The lowest BCUT2D eigenvalue weighted by atomic mass is 9.96. The van der Waals surface area contributed by atoms with Gasteiger partial charge in [0.25, 0.3) is 0 Å². The summed E-state index contributed by atoms with van der Waals surface area (Å²) in [6.45, 7) is 6.92. The van der Waals surface area contributed by atoms with Crippen LogP contribution in [0, 0.1) is 5.92 Å². The van der Waals surface area contributed by atoms with Gasteiger partial charge >= 0.3 is 0 Å². The van der Waals surface area contributed by atoms with Crippen molar-refractivity contribution in [3.05, 3.63) is 18.5 Å². The third kappa shape index (κ3) is 4.91. The summed E-state index contributed by atoms with van der Waals surface area (Å²) in [6.07, 6.45) is 10.5. The minimum Gasteiger partial charge on any atom is -0.355 e. The lowest BCUT2D eigenvalue weighted by Gasteiger charge is -2.35. The highest BCUT2D eigenvalue weighted by atomic mass is 16.1. The zero-order valence-corrected chi connectivity index (χ0v) is 15.4. The molecular formula is C19H31N5O. The second kappa shape index (κ2) is 9.13. The SMILES string of the molecule is CC[C@@H]1CCCCN1CCNC(=O)C1CCN(c2ncccn2)CC1. The fourth-order valence-corrected chi connectivity index (χ4v) is 4.08. The first kappa shape index (κ1) is 18.1. The van der Waals surface area contributed by atoms with E-state index in [2.05, 4.69) is 32.0 Å². The molecule has 6 nitrogen and oxygen atoms in total. The number of nitrogens with zero attached hydrogens (tertiary/aromatic N) is 4. The summed E-state index contributed by atoms with van der Waals surface area (Å²) in [5.41, 5.74) is 0. The highest BCUT2D eigenvalue weighted by Gasteiger charge is 2.26. The standard InChI is InChI=1S/C19H31N5O/c1-2-17-6-3-4-12-23(17)15-11-20-18(25)16-7-13-24(14-8-16)19-21-9-5-10-22-19/h5,9-10,16-17H,2-4,6-8,11-15H2,1H3,(H,20,25)/t17-/m1/s1. The van der Waals surface area contributed by atoms with E-state index in [0.29, 0.717) is 6.04 Å².